The largest absolute Gasteiger partial charge is 0.306 e. The van der Waals surface area contributed by atoms with Crippen molar-refractivity contribution in [3.05, 3.63) is 28.8 Å². The summed E-state index contributed by atoms with van der Waals surface area (Å²) in [5, 5.41) is 0. The first-order valence-corrected chi connectivity index (χ1v) is 8.92. The molecule has 0 atom stereocenters. The molecule has 1 aliphatic rings. The molecule has 0 radical (unpaired) electrons. The first-order chi connectivity index (χ1) is 9.73. The van der Waals surface area contributed by atoms with Crippen LogP contribution in [0.25, 0.3) is 0 Å². The third kappa shape index (κ3) is 3.30. The Morgan fingerprint density at radius 1 is 1.05 bits per heavy atom. The molecule has 0 aliphatic carbocycles. The van der Waals surface area contributed by atoms with E-state index >= 15 is 0 Å². The van der Waals surface area contributed by atoms with E-state index in [0.717, 1.165) is 29.5 Å². The van der Waals surface area contributed by atoms with Crippen molar-refractivity contribution in [1.82, 2.24) is 9.21 Å². The molecule has 0 unspecified atom stereocenters. The normalized spacial score (nSPS) is 18.4. The molecule has 21 heavy (non-hydrogen) atoms. The Kier molecular flexibility index (Phi) is 4.76. The van der Waals surface area contributed by atoms with Crippen LogP contribution in [0.15, 0.2) is 17.0 Å². The minimum Gasteiger partial charge on any atom is -0.306 e. The molecule has 0 N–H and O–H groups in total. The van der Waals surface area contributed by atoms with E-state index < -0.39 is 10.0 Å². The topological polar surface area (TPSA) is 40.6 Å². The highest BCUT2D eigenvalue weighted by atomic mass is 32.2. The first-order valence-electron chi connectivity index (χ1n) is 7.48. The predicted octanol–water partition coefficient (Wildman–Crippen LogP) is 2.33. The average Bonchev–Trinajstić information content (AvgIpc) is 2.37. The summed E-state index contributed by atoms with van der Waals surface area (Å²) >= 11 is 0. The zero-order valence-electron chi connectivity index (χ0n) is 13.7. The molecule has 1 aromatic carbocycles. The second-order valence-electron chi connectivity index (χ2n) is 6.33. The summed E-state index contributed by atoms with van der Waals surface area (Å²) < 4.78 is 27.5. The highest BCUT2D eigenvalue weighted by Crippen LogP contribution is 2.27. The van der Waals surface area contributed by atoms with Gasteiger partial charge in [0.1, 0.15) is 0 Å². The zero-order chi connectivity index (χ0) is 15.8. The molecule has 1 aromatic rings. The summed E-state index contributed by atoms with van der Waals surface area (Å²) in [6.07, 6.45) is 1.80. The van der Waals surface area contributed by atoms with Crippen molar-refractivity contribution in [2.45, 2.75) is 44.6 Å². The molecule has 0 spiro atoms. The second-order valence-corrected chi connectivity index (χ2v) is 8.20. The van der Waals surface area contributed by atoms with Crippen molar-refractivity contribution in [1.29, 1.82) is 0 Å². The molecule has 1 fully saturated rings. The van der Waals surface area contributed by atoms with Gasteiger partial charge in [-0.05, 0) is 58.8 Å². The summed E-state index contributed by atoms with van der Waals surface area (Å²) in [7, 11) is 0.743. The summed E-state index contributed by atoms with van der Waals surface area (Å²) in [5.41, 5.74) is 2.81. The van der Waals surface area contributed by atoms with Crippen LogP contribution in [0.1, 0.15) is 29.5 Å². The first kappa shape index (κ1) is 16.5. The number of nitrogens with zero attached hydrogens (tertiary/aromatic N) is 2. The smallest absolute Gasteiger partial charge is 0.243 e. The van der Waals surface area contributed by atoms with E-state index in [1.54, 1.807) is 4.31 Å². The lowest BCUT2D eigenvalue weighted by atomic mass is 10.1. The number of rotatable bonds is 3. The lowest BCUT2D eigenvalue weighted by molar-refractivity contribution is 0.196. The quantitative estimate of drug-likeness (QED) is 0.860. The third-order valence-electron chi connectivity index (χ3n) is 4.36. The van der Waals surface area contributed by atoms with Gasteiger partial charge in [-0.3, -0.25) is 0 Å². The van der Waals surface area contributed by atoms with E-state index in [1.165, 1.54) is 0 Å². The average molecular weight is 310 g/mol. The molecule has 0 saturated carbocycles. The van der Waals surface area contributed by atoms with Crippen molar-refractivity contribution in [3.63, 3.8) is 0 Å². The number of aryl methyl sites for hydroxylation is 3. The summed E-state index contributed by atoms with van der Waals surface area (Å²) in [6.45, 7) is 6.99. The van der Waals surface area contributed by atoms with Gasteiger partial charge in [0.15, 0.2) is 0 Å². The van der Waals surface area contributed by atoms with Gasteiger partial charge in [-0.1, -0.05) is 17.7 Å². The monoisotopic (exact) mass is 310 g/mol. The number of hydrogen-bond acceptors (Lipinski definition) is 3. The molecule has 5 heteroatoms. The van der Waals surface area contributed by atoms with Crippen molar-refractivity contribution in [2.75, 3.05) is 27.2 Å². The van der Waals surface area contributed by atoms with Gasteiger partial charge in [0.05, 0.1) is 4.90 Å². The maximum Gasteiger partial charge on any atom is 0.243 e. The number of piperidine rings is 1. The van der Waals surface area contributed by atoms with E-state index in [2.05, 4.69) is 19.0 Å². The minimum absolute atomic E-state index is 0.483. The Hall–Kier alpha value is -0.910. The Labute approximate surface area is 128 Å². The van der Waals surface area contributed by atoms with Crippen molar-refractivity contribution >= 4 is 10.0 Å². The zero-order valence-corrected chi connectivity index (χ0v) is 14.5. The van der Waals surface area contributed by atoms with Gasteiger partial charge < -0.3 is 4.90 Å². The van der Waals surface area contributed by atoms with Crippen LogP contribution in [0.2, 0.25) is 0 Å². The molecule has 0 aromatic heterocycles. The van der Waals surface area contributed by atoms with Crippen LogP contribution in [-0.2, 0) is 10.0 Å². The van der Waals surface area contributed by atoms with E-state index in [-0.39, 0.29) is 0 Å². The molecule has 1 saturated heterocycles. The number of benzene rings is 1. The van der Waals surface area contributed by atoms with Gasteiger partial charge in [-0.25, -0.2) is 8.42 Å². The number of hydrogen-bond donors (Lipinski definition) is 0. The maximum atomic E-state index is 12.9. The van der Waals surface area contributed by atoms with Crippen LogP contribution >= 0.6 is 0 Å². The summed E-state index contributed by atoms with van der Waals surface area (Å²) in [5.74, 6) is 0. The minimum atomic E-state index is -3.37. The molecule has 118 valence electrons. The third-order valence-corrected chi connectivity index (χ3v) is 6.56. The Morgan fingerprint density at radius 2 is 1.52 bits per heavy atom. The second kappa shape index (κ2) is 6.07. The van der Waals surface area contributed by atoms with Gasteiger partial charge >= 0.3 is 0 Å². The Morgan fingerprint density at radius 3 is 1.95 bits per heavy atom. The molecule has 0 bridgehead atoms. The predicted molar refractivity (Wildman–Crippen MR) is 86.1 cm³/mol. The van der Waals surface area contributed by atoms with Crippen LogP contribution in [-0.4, -0.2) is 50.8 Å². The van der Waals surface area contributed by atoms with Gasteiger partial charge in [0.25, 0.3) is 0 Å². The fraction of sp³-hybridized carbons (Fsp3) is 0.625. The lowest BCUT2D eigenvalue weighted by Crippen LogP contribution is -2.44. The number of sulfonamides is 1. The van der Waals surface area contributed by atoms with Gasteiger partial charge in [-0.15, -0.1) is 0 Å². The van der Waals surface area contributed by atoms with Crippen LogP contribution < -0.4 is 0 Å². The fourth-order valence-corrected chi connectivity index (χ4v) is 5.18. The maximum absolute atomic E-state index is 12.9. The molecule has 0 amide bonds. The summed E-state index contributed by atoms with van der Waals surface area (Å²) in [4.78, 5) is 2.68. The van der Waals surface area contributed by atoms with E-state index in [0.29, 0.717) is 24.0 Å². The van der Waals surface area contributed by atoms with Crippen molar-refractivity contribution in [3.8, 4) is 0 Å². The summed E-state index contributed by atoms with van der Waals surface area (Å²) in [6, 6.07) is 4.38. The highest BCUT2D eigenvalue weighted by molar-refractivity contribution is 7.89. The van der Waals surface area contributed by atoms with Gasteiger partial charge in [0, 0.05) is 19.1 Å². The SMILES string of the molecule is Cc1cc(C)c(S(=O)(=O)N2CCC(N(C)C)CC2)c(C)c1. The molecule has 1 aliphatic heterocycles. The van der Waals surface area contributed by atoms with E-state index in [9.17, 15) is 8.42 Å². The fourth-order valence-electron chi connectivity index (χ4n) is 3.30. The highest BCUT2D eigenvalue weighted by Gasteiger charge is 2.31. The van der Waals surface area contributed by atoms with Crippen LogP contribution in [0, 0.1) is 20.8 Å². The standard InChI is InChI=1S/C16H26N2O2S/c1-12-10-13(2)16(14(3)11-12)21(19,20)18-8-6-15(7-9-18)17(4)5/h10-11,15H,6-9H2,1-5H3. The van der Waals surface area contributed by atoms with Crippen LogP contribution in [0.3, 0.4) is 0 Å². The van der Waals surface area contributed by atoms with Crippen molar-refractivity contribution in [2.24, 2.45) is 0 Å². The lowest BCUT2D eigenvalue weighted by Gasteiger charge is -2.35. The molecular formula is C16H26N2O2S. The van der Waals surface area contributed by atoms with E-state index in [1.807, 2.05) is 32.9 Å². The molecule has 4 nitrogen and oxygen atoms in total. The van der Waals surface area contributed by atoms with Gasteiger partial charge in [-0.2, -0.15) is 4.31 Å². The van der Waals surface area contributed by atoms with Crippen LogP contribution in [0.4, 0.5) is 0 Å². The van der Waals surface area contributed by atoms with Gasteiger partial charge in [0.2, 0.25) is 10.0 Å². The Balaban J connectivity index is 2.28. The van der Waals surface area contributed by atoms with E-state index in [4.69, 9.17) is 0 Å². The van der Waals surface area contributed by atoms with Crippen molar-refractivity contribution < 1.29 is 8.42 Å². The molecule has 1 heterocycles. The molecular weight excluding hydrogens is 284 g/mol. The van der Waals surface area contributed by atoms with Crippen LogP contribution in [0.5, 0.6) is 0 Å². The Bertz CT molecular complexity index is 592. The molecule has 2 rings (SSSR count).